The van der Waals surface area contributed by atoms with E-state index in [2.05, 4.69) is 0 Å². The molecule has 4 heteroatoms. The highest BCUT2D eigenvalue weighted by Gasteiger charge is 2.28. The highest BCUT2D eigenvalue weighted by Crippen LogP contribution is 2.44. The van der Waals surface area contributed by atoms with Gasteiger partial charge in [0.15, 0.2) is 5.75 Å². The van der Waals surface area contributed by atoms with Crippen molar-refractivity contribution in [1.82, 2.24) is 0 Å². The van der Waals surface area contributed by atoms with Crippen molar-refractivity contribution in [1.29, 1.82) is 0 Å². The summed E-state index contributed by atoms with van der Waals surface area (Å²) >= 11 is 0. The third-order valence-electron chi connectivity index (χ3n) is 3.12. The average molecular weight is 227 g/mol. The smallest absolute Gasteiger partial charge is 0.314 e. The van der Waals surface area contributed by atoms with Crippen molar-refractivity contribution >= 4 is 5.69 Å². The van der Waals surface area contributed by atoms with Crippen LogP contribution in [0.3, 0.4) is 0 Å². The van der Waals surface area contributed by atoms with Crippen LogP contribution in [-0.2, 0) is 6.42 Å². The van der Waals surface area contributed by atoms with Gasteiger partial charge in [-0.05, 0) is 28.8 Å². The number of aromatic hydroxyl groups is 1. The molecule has 84 valence electrons. The first-order valence-corrected chi connectivity index (χ1v) is 5.26. The molecule has 2 aromatic carbocycles. The van der Waals surface area contributed by atoms with Crippen LogP contribution in [0.25, 0.3) is 11.1 Å². The van der Waals surface area contributed by atoms with E-state index in [0.717, 1.165) is 16.7 Å². The fraction of sp³-hybridized carbons (Fsp3) is 0.0769. The van der Waals surface area contributed by atoms with Crippen LogP contribution in [0.2, 0.25) is 0 Å². The van der Waals surface area contributed by atoms with Gasteiger partial charge in [-0.25, -0.2) is 0 Å². The van der Waals surface area contributed by atoms with Gasteiger partial charge in [-0.1, -0.05) is 24.3 Å². The third-order valence-corrected chi connectivity index (χ3v) is 3.12. The third kappa shape index (κ3) is 1.30. The van der Waals surface area contributed by atoms with Crippen LogP contribution in [-0.4, -0.2) is 10.0 Å². The summed E-state index contributed by atoms with van der Waals surface area (Å²) in [4.78, 5) is 10.5. The molecule has 1 aliphatic rings. The molecule has 0 aliphatic heterocycles. The van der Waals surface area contributed by atoms with Crippen LogP contribution in [0.4, 0.5) is 5.69 Å². The SMILES string of the molecule is O=[N+]([O-])c1c(O)ccc2c1Cc1ccccc1-2. The number of phenols is 1. The molecule has 4 nitrogen and oxygen atoms in total. The molecule has 3 rings (SSSR count). The van der Waals surface area contributed by atoms with Gasteiger partial charge in [-0.3, -0.25) is 10.1 Å². The second kappa shape index (κ2) is 3.31. The van der Waals surface area contributed by atoms with Crippen LogP contribution < -0.4 is 0 Å². The number of nitrogens with zero attached hydrogens (tertiary/aromatic N) is 1. The first-order chi connectivity index (χ1) is 8.18. The number of fused-ring (bicyclic) bond motifs is 3. The maximum atomic E-state index is 11.0. The Morgan fingerprint density at radius 2 is 1.88 bits per heavy atom. The second-order valence-electron chi connectivity index (χ2n) is 4.05. The molecule has 0 spiro atoms. The lowest BCUT2D eigenvalue weighted by atomic mass is 10.0. The second-order valence-corrected chi connectivity index (χ2v) is 4.05. The van der Waals surface area contributed by atoms with Crippen molar-refractivity contribution < 1.29 is 10.0 Å². The summed E-state index contributed by atoms with van der Waals surface area (Å²) < 4.78 is 0. The number of benzene rings is 2. The maximum absolute atomic E-state index is 11.0. The topological polar surface area (TPSA) is 63.4 Å². The number of rotatable bonds is 1. The Kier molecular flexibility index (Phi) is 1.92. The molecular weight excluding hydrogens is 218 g/mol. The summed E-state index contributed by atoms with van der Waals surface area (Å²) in [6.07, 6.45) is 0.510. The van der Waals surface area contributed by atoms with Crippen LogP contribution in [0.15, 0.2) is 36.4 Å². The van der Waals surface area contributed by atoms with Gasteiger partial charge in [-0.2, -0.15) is 0 Å². The largest absolute Gasteiger partial charge is 0.502 e. The number of nitro benzene ring substituents is 1. The Bertz CT molecular complexity index is 635. The van der Waals surface area contributed by atoms with Crippen molar-refractivity contribution in [2.45, 2.75) is 6.42 Å². The summed E-state index contributed by atoms with van der Waals surface area (Å²) in [5.74, 6) is -0.262. The van der Waals surface area contributed by atoms with Gasteiger partial charge in [-0.15, -0.1) is 0 Å². The molecule has 0 fully saturated rings. The minimum Gasteiger partial charge on any atom is -0.502 e. The molecule has 2 aromatic rings. The van der Waals surface area contributed by atoms with E-state index >= 15 is 0 Å². The van der Waals surface area contributed by atoms with E-state index in [0.29, 0.717) is 12.0 Å². The summed E-state index contributed by atoms with van der Waals surface area (Å²) in [5, 5.41) is 20.6. The predicted octanol–water partition coefficient (Wildman–Crippen LogP) is 2.87. The molecule has 0 unspecified atom stereocenters. The van der Waals surface area contributed by atoms with E-state index in [4.69, 9.17) is 0 Å². The highest BCUT2D eigenvalue weighted by atomic mass is 16.6. The predicted molar refractivity (Wildman–Crippen MR) is 63.0 cm³/mol. The van der Waals surface area contributed by atoms with E-state index in [-0.39, 0.29) is 11.4 Å². The van der Waals surface area contributed by atoms with Gasteiger partial charge in [0.25, 0.3) is 0 Å². The lowest BCUT2D eigenvalue weighted by Gasteiger charge is -2.02. The van der Waals surface area contributed by atoms with Gasteiger partial charge in [0, 0.05) is 12.0 Å². The van der Waals surface area contributed by atoms with E-state index in [1.807, 2.05) is 24.3 Å². The lowest BCUT2D eigenvalue weighted by Crippen LogP contribution is -1.94. The Morgan fingerprint density at radius 1 is 1.12 bits per heavy atom. The van der Waals surface area contributed by atoms with Crippen molar-refractivity contribution in [2.75, 3.05) is 0 Å². The summed E-state index contributed by atoms with van der Waals surface area (Å²) in [6, 6.07) is 10.9. The molecule has 0 radical (unpaired) electrons. The van der Waals surface area contributed by atoms with Crippen molar-refractivity contribution in [3.8, 4) is 16.9 Å². The van der Waals surface area contributed by atoms with E-state index < -0.39 is 4.92 Å². The van der Waals surface area contributed by atoms with Gasteiger partial charge in [0.05, 0.1) is 4.92 Å². The Hall–Kier alpha value is -2.36. The minimum atomic E-state index is -0.514. The minimum absolute atomic E-state index is 0.168. The van der Waals surface area contributed by atoms with E-state index in [1.54, 1.807) is 6.07 Å². The van der Waals surface area contributed by atoms with Gasteiger partial charge >= 0.3 is 5.69 Å². The molecule has 0 amide bonds. The molecule has 0 bridgehead atoms. The van der Waals surface area contributed by atoms with Gasteiger partial charge in [0.2, 0.25) is 0 Å². The van der Waals surface area contributed by atoms with E-state index in [9.17, 15) is 15.2 Å². The van der Waals surface area contributed by atoms with Crippen LogP contribution in [0.1, 0.15) is 11.1 Å². The number of hydrogen-bond acceptors (Lipinski definition) is 3. The molecule has 1 N–H and O–H groups in total. The first-order valence-electron chi connectivity index (χ1n) is 5.26. The molecule has 0 saturated heterocycles. The van der Waals surface area contributed by atoms with Crippen LogP contribution in [0.5, 0.6) is 5.75 Å². The van der Waals surface area contributed by atoms with Crippen molar-refractivity contribution in [2.24, 2.45) is 0 Å². The van der Waals surface area contributed by atoms with E-state index in [1.165, 1.54) is 6.07 Å². The average Bonchev–Trinajstić information content (AvgIpc) is 2.66. The first kappa shape index (κ1) is 9.84. The fourth-order valence-electron chi connectivity index (χ4n) is 2.39. The van der Waals surface area contributed by atoms with Gasteiger partial charge < -0.3 is 5.11 Å². The molecule has 0 saturated carbocycles. The molecule has 0 heterocycles. The maximum Gasteiger partial charge on any atom is 0.314 e. The molecule has 0 atom stereocenters. The van der Waals surface area contributed by atoms with Crippen LogP contribution in [0, 0.1) is 10.1 Å². The number of phenolic OH excluding ortho intramolecular Hbond substituents is 1. The standard InChI is InChI=1S/C13H9NO3/c15-12-6-5-10-9-4-2-1-3-8(9)7-11(10)13(12)14(16)17/h1-6,15H,7H2. The Labute approximate surface area is 97.3 Å². The lowest BCUT2D eigenvalue weighted by molar-refractivity contribution is -0.386. The molecule has 17 heavy (non-hydrogen) atoms. The number of hydrogen-bond donors (Lipinski definition) is 1. The monoisotopic (exact) mass is 227 g/mol. The Balaban J connectivity index is 2.31. The number of nitro groups is 1. The zero-order valence-electron chi connectivity index (χ0n) is 8.88. The van der Waals surface area contributed by atoms with Crippen molar-refractivity contribution in [3.63, 3.8) is 0 Å². The highest BCUT2D eigenvalue weighted by molar-refractivity contribution is 5.81. The summed E-state index contributed by atoms with van der Waals surface area (Å²) in [6.45, 7) is 0. The fourth-order valence-corrected chi connectivity index (χ4v) is 2.39. The summed E-state index contributed by atoms with van der Waals surface area (Å²) in [7, 11) is 0. The Morgan fingerprint density at radius 3 is 2.65 bits per heavy atom. The quantitative estimate of drug-likeness (QED) is 0.513. The zero-order chi connectivity index (χ0) is 12.0. The molecular formula is C13H9NO3. The zero-order valence-corrected chi connectivity index (χ0v) is 8.88. The van der Waals surface area contributed by atoms with Gasteiger partial charge in [0.1, 0.15) is 0 Å². The van der Waals surface area contributed by atoms with Crippen LogP contribution >= 0.6 is 0 Å². The normalized spacial score (nSPS) is 12.0. The summed E-state index contributed by atoms with van der Waals surface area (Å²) in [5.41, 5.74) is 3.38. The molecule has 1 aliphatic carbocycles. The molecule has 0 aromatic heterocycles. The van der Waals surface area contributed by atoms with Crippen molar-refractivity contribution in [3.05, 3.63) is 57.6 Å².